The summed E-state index contributed by atoms with van der Waals surface area (Å²) in [6, 6.07) is 11.4. The van der Waals surface area contributed by atoms with E-state index in [1.807, 2.05) is 16.9 Å². The lowest BCUT2D eigenvalue weighted by Gasteiger charge is -2.14. The van der Waals surface area contributed by atoms with Gasteiger partial charge in [0.25, 0.3) is 0 Å². The molecule has 4 nitrogen and oxygen atoms in total. The van der Waals surface area contributed by atoms with Crippen molar-refractivity contribution >= 4 is 5.69 Å². The Morgan fingerprint density at radius 1 is 1.26 bits per heavy atom. The summed E-state index contributed by atoms with van der Waals surface area (Å²) in [6.07, 6.45) is 7.17. The number of hydrogen-bond acceptors (Lipinski definition) is 3. The zero-order valence-corrected chi connectivity index (χ0v) is 11.0. The van der Waals surface area contributed by atoms with E-state index >= 15 is 0 Å². The average Bonchev–Trinajstić information content (AvgIpc) is 3.04. The van der Waals surface area contributed by atoms with Crippen LogP contribution in [0.1, 0.15) is 24.8 Å². The zero-order chi connectivity index (χ0) is 13.1. The van der Waals surface area contributed by atoms with Crippen LogP contribution in [0.5, 0.6) is 0 Å². The molecule has 1 aromatic heterocycles. The van der Waals surface area contributed by atoms with Crippen molar-refractivity contribution in [1.82, 2.24) is 9.78 Å². The molecular formula is C15H20N4. The Kier molecular flexibility index (Phi) is 3.51. The van der Waals surface area contributed by atoms with Crippen LogP contribution in [-0.4, -0.2) is 21.9 Å². The van der Waals surface area contributed by atoms with Gasteiger partial charge in [0.15, 0.2) is 0 Å². The lowest BCUT2D eigenvalue weighted by molar-refractivity contribution is 0.685. The highest BCUT2D eigenvalue weighted by Gasteiger charge is 2.21. The smallest absolute Gasteiger partial charge is 0.0659 e. The number of hydrogen-bond donors (Lipinski definition) is 2. The lowest BCUT2D eigenvalue weighted by Crippen LogP contribution is -2.20. The first kappa shape index (κ1) is 12.2. The summed E-state index contributed by atoms with van der Waals surface area (Å²) in [5.74, 6) is 0. The molecule has 0 aliphatic heterocycles. The van der Waals surface area contributed by atoms with Crippen molar-refractivity contribution in [2.45, 2.75) is 37.9 Å². The van der Waals surface area contributed by atoms with E-state index in [0.29, 0.717) is 12.1 Å². The van der Waals surface area contributed by atoms with Crippen LogP contribution in [0.3, 0.4) is 0 Å². The highest BCUT2D eigenvalue weighted by molar-refractivity contribution is 5.45. The summed E-state index contributed by atoms with van der Waals surface area (Å²) < 4.78 is 1.93. The van der Waals surface area contributed by atoms with Crippen molar-refractivity contribution < 1.29 is 0 Å². The van der Waals surface area contributed by atoms with Gasteiger partial charge in [-0.2, -0.15) is 5.10 Å². The van der Waals surface area contributed by atoms with E-state index < -0.39 is 0 Å². The molecule has 19 heavy (non-hydrogen) atoms. The molecule has 1 heterocycles. The van der Waals surface area contributed by atoms with E-state index in [1.54, 1.807) is 6.20 Å². The SMILES string of the molecule is NC1CCC(Nc2ccc(Cn3cccn3)cc2)C1. The number of nitrogens with zero attached hydrogens (tertiary/aromatic N) is 2. The van der Waals surface area contributed by atoms with Crippen molar-refractivity contribution in [2.24, 2.45) is 5.73 Å². The molecule has 2 unspecified atom stereocenters. The van der Waals surface area contributed by atoms with E-state index in [0.717, 1.165) is 19.4 Å². The third kappa shape index (κ3) is 3.15. The summed E-state index contributed by atoms with van der Waals surface area (Å²) in [4.78, 5) is 0. The van der Waals surface area contributed by atoms with Crippen molar-refractivity contribution in [3.8, 4) is 0 Å². The van der Waals surface area contributed by atoms with Crippen LogP contribution in [0, 0.1) is 0 Å². The molecule has 2 aromatic rings. The van der Waals surface area contributed by atoms with Gasteiger partial charge in [-0.1, -0.05) is 12.1 Å². The second kappa shape index (κ2) is 5.45. The molecule has 0 bridgehead atoms. The van der Waals surface area contributed by atoms with Gasteiger partial charge in [-0.05, 0) is 43.0 Å². The zero-order valence-electron chi connectivity index (χ0n) is 11.0. The number of anilines is 1. The van der Waals surface area contributed by atoms with Crippen molar-refractivity contribution in [3.05, 3.63) is 48.3 Å². The van der Waals surface area contributed by atoms with Crippen LogP contribution in [0.4, 0.5) is 5.69 Å². The molecule has 1 fully saturated rings. The van der Waals surface area contributed by atoms with Crippen LogP contribution in [-0.2, 0) is 6.54 Å². The molecule has 3 rings (SSSR count). The summed E-state index contributed by atoms with van der Waals surface area (Å²) >= 11 is 0. The number of nitrogens with two attached hydrogens (primary N) is 1. The fourth-order valence-corrected chi connectivity index (χ4v) is 2.67. The second-order valence-corrected chi connectivity index (χ2v) is 5.31. The van der Waals surface area contributed by atoms with Gasteiger partial charge in [-0.3, -0.25) is 4.68 Å². The fourth-order valence-electron chi connectivity index (χ4n) is 2.67. The first-order valence-corrected chi connectivity index (χ1v) is 6.88. The Labute approximate surface area is 113 Å². The maximum atomic E-state index is 5.93. The maximum Gasteiger partial charge on any atom is 0.0659 e. The summed E-state index contributed by atoms with van der Waals surface area (Å²) in [5.41, 5.74) is 8.37. The highest BCUT2D eigenvalue weighted by atomic mass is 15.3. The molecule has 0 spiro atoms. The van der Waals surface area contributed by atoms with Crippen molar-refractivity contribution in [1.29, 1.82) is 0 Å². The second-order valence-electron chi connectivity index (χ2n) is 5.31. The number of benzene rings is 1. The molecule has 4 heteroatoms. The minimum absolute atomic E-state index is 0.372. The first-order chi connectivity index (χ1) is 9.29. The quantitative estimate of drug-likeness (QED) is 0.882. The molecule has 0 saturated heterocycles. The Balaban J connectivity index is 1.59. The van der Waals surface area contributed by atoms with Crippen molar-refractivity contribution in [3.63, 3.8) is 0 Å². The highest BCUT2D eigenvalue weighted by Crippen LogP contribution is 2.22. The third-order valence-corrected chi connectivity index (χ3v) is 3.70. The molecule has 0 radical (unpaired) electrons. The van der Waals surface area contributed by atoms with Crippen molar-refractivity contribution in [2.75, 3.05) is 5.32 Å². The van der Waals surface area contributed by atoms with E-state index in [9.17, 15) is 0 Å². The minimum Gasteiger partial charge on any atom is -0.382 e. The van der Waals surface area contributed by atoms with Crippen LogP contribution < -0.4 is 11.1 Å². The molecular weight excluding hydrogens is 236 g/mol. The van der Waals surface area contributed by atoms with Crippen LogP contribution in [0.2, 0.25) is 0 Å². The van der Waals surface area contributed by atoms with E-state index in [2.05, 4.69) is 34.7 Å². The molecule has 3 N–H and O–H groups in total. The maximum absolute atomic E-state index is 5.93. The predicted octanol–water partition coefficient (Wildman–Crippen LogP) is 2.22. The fraction of sp³-hybridized carbons (Fsp3) is 0.400. The molecule has 0 amide bonds. The van der Waals surface area contributed by atoms with E-state index in [-0.39, 0.29) is 0 Å². The van der Waals surface area contributed by atoms with Gasteiger partial charge in [-0.25, -0.2) is 0 Å². The Hall–Kier alpha value is -1.81. The van der Waals surface area contributed by atoms with Crippen LogP contribution in [0.25, 0.3) is 0 Å². The molecule has 1 aromatic carbocycles. The molecule has 1 aliphatic rings. The monoisotopic (exact) mass is 256 g/mol. The summed E-state index contributed by atoms with van der Waals surface area (Å²) in [5, 5.41) is 7.77. The average molecular weight is 256 g/mol. The third-order valence-electron chi connectivity index (χ3n) is 3.70. The van der Waals surface area contributed by atoms with Gasteiger partial charge in [0.2, 0.25) is 0 Å². The number of nitrogens with one attached hydrogen (secondary N) is 1. The predicted molar refractivity (Wildman–Crippen MR) is 77.0 cm³/mol. The largest absolute Gasteiger partial charge is 0.382 e. The van der Waals surface area contributed by atoms with Gasteiger partial charge in [-0.15, -0.1) is 0 Å². The number of aromatic nitrogens is 2. The Bertz CT molecular complexity index is 503. The summed E-state index contributed by atoms with van der Waals surface area (Å²) in [7, 11) is 0. The topological polar surface area (TPSA) is 55.9 Å². The van der Waals surface area contributed by atoms with Gasteiger partial charge < -0.3 is 11.1 Å². The van der Waals surface area contributed by atoms with Gasteiger partial charge in [0.05, 0.1) is 6.54 Å². The first-order valence-electron chi connectivity index (χ1n) is 6.88. The lowest BCUT2D eigenvalue weighted by atomic mass is 10.1. The normalized spacial score (nSPS) is 22.6. The van der Waals surface area contributed by atoms with Gasteiger partial charge in [0.1, 0.15) is 0 Å². The van der Waals surface area contributed by atoms with E-state index in [1.165, 1.54) is 17.7 Å². The summed E-state index contributed by atoms with van der Waals surface area (Å²) in [6.45, 7) is 0.821. The molecule has 2 atom stereocenters. The number of rotatable bonds is 4. The molecule has 100 valence electrons. The minimum atomic E-state index is 0.372. The standard InChI is InChI=1S/C15H20N4/c16-13-4-7-15(10-13)18-14-5-2-12(3-6-14)11-19-9-1-8-17-19/h1-3,5-6,8-9,13,15,18H,4,7,10-11,16H2. The van der Waals surface area contributed by atoms with Gasteiger partial charge >= 0.3 is 0 Å². The Morgan fingerprint density at radius 3 is 2.74 bits per heavy atom. The van der Waals surface area contributed by atoms with Crippen LogP contribution in [0.15, 0.2) is 42.7 Å². The molecule has 1 aliphatic carbocycles. The van der Waals surface area contributed by atoms with Crippen LogP contribution >= 0.6 is 0 Å². The Morgan fingerprint density at radius 2 is 2.11 bits per heavy atom. The van der Waals surface area contributed by atoms with Gasteiger partial charge in [0, 0.05) is 30.2 Å². The van der Waals surface area contributed by atoms with E-state index in [4.69, 9.17) is 5.73 Å². The molecule has 1 saturated carbocycles.